The highest BCUT2D eigenvalue weighted by molar-refractivity contribution is 4.49. The van der Waals surface area contributed by atoms with Crippen LogP contribution in [0.2, 0.25) is 0 Å². The van der Waals surface area contributed by atoms with Crippen LogP contribution in [0.25, 0.3) is 0 Å². The van der Waals surface area contributed by atoms with Crippen molar-refractivity contribution < 1.29 is 4.48 Å². The molecule has 0 fully saturated rings. The fraction of sp³-hybridized carbons (Fsp3) is 0.941. The van der Waals surface area contributed by atoms with Crippen LogP contribution in [0.5, 0.6) is 0 Å². The van der Waals surface area contributed by atoms with Crippen molar-refractivity contribution >= 4 is 0 Å². The molecule has 1 aromatic heterocycles. The van der Waals surface area contributed by atoms with Crippen LogP contribution < -0.4 is 5.10 Å². The van der Waals surface area contributed by atoms with E-state index in [1.165, 1.54) is 88.4 Å². The molecule has 130 valence electrons. The van der Waals surface area contributed by atoms with Crippen molar-refractivity contribution in [2.45, 2.75) is 79.1 Å². The molecule has 0 bridgehead atoms. The van der Waals surface area contributed by atoms with E-state index >= 15 is 0 Å². The van der Waals surface area contributed by atoms with Crippen molar-refractivity contribution in [1.82, 2.24) is 20.6 Å². The van der Waals surface area contributed by atoms with Crippen LogP contribution in [0.15, 0.2) is 6.33 Å². The molecule has 1 heterocycles. The largest absolute Gasteiger partial charge is 0.339 e. The van der Waals surface area contributed by atoms with Crippen LogP contribution in [-0.4, -0.2) is 46.2 Å². The average molecular weight is 312 g/mol. The smallest absolute Gasteiger partial charge is 0.0786 e. The zero-order valence-electron chi connectivity index (χ0n) is 15.3. The van der Waals surface area contributed by atoms with E-state index < -0.39 is 0 Å². The van der Waals surface area contributed by atoms with Gasteiger partial charge in [0.05, 0.1) is 26.2 Å². The van der Waals surface area contributed by atoms with Gasteiger partial charge in [-0.15, -0.1) is 0 Å². The molecule has 0 aliphatic rings. The summed E-state index contributed by atoms with van der Waals surface area (Å²) in [6.45, 7) is 15.0. The van der Waals surface area contributed by atoms with Gasteiger partial charge < -0.3 is 9.58 Å². The van der Waals surface area contributed by atoms with Gasteiger partial charge in [0.25, 0.3) is 0 Å². The monoisotopic (exact) mass is 311 g/mol. The van der Waals surface area contributed by atoms with Gasteiger partial charge in [-0.2, -0.15) is 5.21 Å². The van der Waals surface area contributed by atoms with Crippen molar-refractivity contribution in [3.63, 3.8) is 0 Å². The van der Waals surface area contributed by atoms with Gasteiger partial charge in [0.2, 0.25) is 0 Å². The number of quaternary nitrogens is 1. The molecule has 0 spiro atoms. The van der Waals surface area contributed by atoms with E-state index in [1.807, 2.05) is 0 Å². The van der Waals surface area contributed by atoms with Crippen LogP contribution in [0.3, 0.4) is 0 Å². The number of hydrogen-bond acceptors (Lipinski definition) is 3. The molecular weight excluding hydrogens is 274 g/mol. The zero-order valence-corrected chi connectivity index (χ0v) is 15.3. The first-order chi connectivity index (χ1) is 10.7. The molecule has 5 nitrogen and oxygen atoms in total. The predicted molar refractivity (Wildman–Crippen MR) is 92.5 cm³/mol. The molecule has 22 heavy (non-hydrogen) atoms. The first-order valence-corrected chi connectivity index (χ1v) is 9.21. The third kappa shape index (κ3) is 10.7. The maximum atomic E-state index is 3.25. The van der Waals surface area contributed by atoms with Crippen LogP contribution in [0.1, 0.15) is 79.1 Å². The quantitative estimate of drug-likeness (QED) is 0.550. The molecule has 0 amide bonds. The molecule has 0 unspecified atom stereocenters. The number of tetrazole rings is 1. The van der Waals surface area contributed by atoms with Gasteiger partial charge in [0.1, 0.15) is 0 Å². The van der Waals surface area contributed by atoms with Crippen molar-refractivity contribution in [2.75, 3.05) is 26.2 Å². The second kappa shape index (κ2) is 14.9. The molecule has 0 saturated carbocycles. The minimum absolute atomic E-state index is 1.28. The number of rotatable bonds is 12. The van der Waals surface area contributed by atoms with E-state index in [0.29, 0.717) is 0 Å². The number of nitrogens with zero attached hydrogens (tertiary/aromatic N) is 5. The van der Waals surface area contributed by atoms with E-state index in [0.717, 1.165) is 0 Å². The molecule has 0 N–H and O–H groups in total. The Morgan fingerprint density at radius 2 is 1.14 bits per heavy atom. The van der Waals surface area contributed by atoms with Gasteiger partial charge in [-0.05, 0) is 32.0 Å². The van der Waals surface area contributed by atoms with Gasteiger partial charge in [0, 0.05) is 0 Å². The topological polar surface area (TPSA) is 52.8 Å². The highest BCUT2D eigenvalue weighted by Gasteiger charge is 2.24. The van der Waals surface area contributed by atoms with Gasteiger partial charge in [-0.1, -0.05) is 53.4 Å². The minimum atomic E-state index is 1.28. The number of aromatic nitrogens is 4. The lowest BCUT2D eigenvalue weighted by molar-refractivity contribution is -0.929. The summed E-state index contributed by atoms with van der Waals surface area (Å²) in [6.07, 6.45) is 12.3. The first kappa shape index (κ1) is 21.0. The van der Waals surface area contributed by atoms with E-state index in [9.17, 15) is 0 Å². The maximum absolute atomic E-state index is 3.25. The van der Waals surface area contributed by atoms with E-state index in [2.05, 4.69) is 48.3 Å². The summed E-state index contributed by atoms with van der Waals surface area (Å²) in [5.74, 6) is 0. The Morgan fingerprint density at radius 3 is 1.32 bits per heavy atom. The Hall–Kier alpha value is -0.970. The van der Waals surface area contributed by atoms with Gasteiger partial charge in [0.15, 0.2) is 0 Å². The fourth-order valence-electron chi connectivity index (χ4n) is 2.76. The Kier molecular flexibility index (Phi) is 14.3. The standard InChI is InChI=1S/C16H36N.CHN4/c1-5-9-13-17(14-10-6-2,15-11-7-3)16-12-8-4;1-2-4-5-3-1/h5-16H2,1-4H3;1H/q+1;-1. The SMILES string of the molecule is CCCC[N+](CCCC)(CCCC)CCCC.c1nnn[n-]1. The third-order valence-corrected chi connectivity index (χ3v) is 4.19. The Morgan fingerprint density at radius 1 is 0.727 bits per heavy atom. The fourth-order valence-corrected chi connectivity index (χ4v) is 2.76. The predicted octanol–water partition coefficient (Wildman–Crippen LogP) is 3.83. The summed E-state index contributed by atoms with van der Waals surface area (Å²) >= 11 is 0. The summed E-state index contributed by atoms with van der Waals surface area (Å²) in [6, 6.07) is 0. The number of hydrogen-bond donors (Lipinski definition) is 0. The van der Waals surface area contributed by atoms with Crippen molar-refractivity contribution in [3.8, 4) is 0 Å². The van der Waals surface area contributed by atoms with Crippen molar-refractivity contribution in [1.29, 1.82) is 0 Å². The zero-order chi connectivity index (χ0) is 16.5. The van der Waals surface area contributed by atoms with E-state index in [4.69, 9.17) is 0 Å². The third-order valence-electron chi connectivity index (χ3n) is 4.19. The summed E-state index contributed by atoms with van der Waals surface area (Å²) in [7, 11) is 0. The van der Waals surface area contributed by atoms with Gasteiger partial charge >= 0.3 is 0 Å². The normalized spacial score (nSPS) is 11.1. The summed E-state index contributed by atoms with van der Waals surface area (Å²) in [5, 5.41) is 12.7. The lowest BCUT2D eigenvalue weighted by atomic mass is 10.1. The highest BCUT2D eigenvalue weighted by Crippen LogP contribution is 2.16. The molecule has 0 radical (unpaired) electrons. The van der Waals surface area contributed by atoms with E-state index in [-0.39, 0.29) is 0 Å². The molecule has 1 rings (SSSR count). The molecule has 1 aromatic rings. The second-order valence-electron chi connectivity index (χ2n) is 6.18. The summed E-state index contributed by atoms with van der Waals surface area (Å²) in [5.41, 5.74) is 0. The summed E-state index contributed by atoms with van der Waals surface area (Å²) in [4.78, 5) is 0. The molecular formula is C17H37N5. The van der Waals surface area contributed by atoms with Crippen LogP contribution >= 0.6 is 0 Å². The lowest BCUT2D eigenvalue weighted by Crippen LogP contribution is -2.50. The Balaban J connectivity index is 0.000000734. The van der Waals surface area contributed by atoms with Crippen LogP contribution in [0.4, 0.5) is 0 Å². The van der Waals surface area contributed by atoms with Gasteiger partial charge in [-0.25, -0.2) is 0 Å². The first-order valence-electron chi connectivity index (χ1n) is 9.21. The molecule has 5 heteroatoms. The van der Waals surface area contributed by atoms with Gasteiger partial charge in [-0.3, -0.25) is 10.3 Å². The summed E-state index contributed by atoms with van der Waals surface area (Å²) < 4.78 is 1.42. The molecule has 0 aliphatic heterocycles. The minimum Gasteiger partial charge on any atom is -0.339 e. The maximum Gasteiger partial charge on any atom is 0.0786 e. The van der Waals surface area contributed by atoms with Crippen LogP contribution in [-0.2, 0) is 0 Å². The average Bonchev–Trinajstić information content (AvgIpc) is 3.13. The molecule has 0 aromatic carbocycles. The van der Waals surface area contributed by atoms with E-state index in [1.54, 1.807) is 0 Å². The highest BCUT2D eigenvalue weighted by atomic mass is 15.5. The lowest BCUT2D eigenvalue weighted by Gasteiger charge is -2.39. The Labute approximate surface area is 137 Å². The Bertz CT molecular complexity index is 245. The van der Waals surface area contributed by atoms with Crippen molar-refractivity contribution in [2.24, 2.45) is 0 Å². The van der Waals surface area contributed by atoms with Crippen molar-refractivity contribution in [3.05, 3.63) is 6.33 Å². The second-order valence-corrected chi connectivity index (χ2v) is 6.18. The van der Waals surface area contributed by atoms with Crippen LogP contribution in [0, 0.1) is 0 Å². The molecule has 0 atom stereocenters. The number of unbranched alkanes of at least 4 members (excludes halogenated alkanes) is 4. The molecule has 0 saturated heterocycles. The molecule has 0 aliphatic carbocycles.